The van der Waals surface area contributed by atoms with E-state index in [2.05, 4.69) is 34.3 Å². The molecule has 4 aromatic rings. The van der Waals surface area contributed by atoms with Crippen LogP contribution in [-0.4, -0.2) is 16.4 Å². The van der Waals surface area contributed by atoms with Gasteiger partial charge in [0.15, 0.2) is 0 Å². The Morgan fingerprint density at radius 3 is 1.89 bits per heavy atom. The van der Waals surface area contributed by atoms with Crippen LogP contribution in [0.1, 0.15) is 16.7 Å². The summed E-state index contributed by atoms with van der Waals surface area (Å²) in [5.74, 6) is -0.458. The van der Waals surface area contributed by atoms with Gasteiger partial charge in [-0.05, 0) is 53.4 Å². The van der Waals surface area contributed by atoms with Gasteiger partial charge in [0.2, 0.25) is 0 Å². The smallest absolute Gasteiger partial charge is 0.123 e. The van der Waals surface area contributed by atoms with E-state index in [1.165, 1.54) is 35.2 Å². The van der Waals surface area contributed by atoms with E-state index in [1.807, 2.05) is 30.3 Å². The lowest BCUT2D eigenvalue weighted by Gasteiger charge is -2.22. The van der Waals surface area contributed by atoms with Crippen LogP contribution in [0.2, 0.25) is 0 Å². The van der Waals surface area contributed by atoms with Crippen LogP contribution in [-0.2, 0) is 19.5 Å². The number of halogens is 2. The van der Waals surface area contributed by atoms with E-state index in [1.54, 1.807) is 0 Å². The zero-order valence-corrected chi connectivity index (χ0v) is 15.5. The Morgan fingerprint density at radius 2 is 1.29 bits per heavy atom. The molecule has 1 heterocycles. The summed E-state index contributed by atoms with van der Waals surface area (Å²) in [5.41, 5.74) is 4.53. The minimum absolute atomic E-state index is 0.229. The molecule has 1 N–H and O–H groups in total. The molecular weight excluding hydrogens is 354 g/mol. The normalized spacial score (nSPS) is 11.4. The average Bonchev–Trinajstić information content (AvgIpc) is 3.13. The van der Waals surface area contributed by atoms with Crippen LogP contribution in [0.5, 0.6) is 0 Å². The van der Waals surface area contributed by atoms with Crippen molar-refractivity contribution in [1.29, 1.82) is 0 Å². The molecular formula is C24H22F2N2. The molecule has 0 aliphatic rings. The fourth-order valence-corrected chi connectivity index (χ4v) is 3.53. The summed E-state index contributed by atoms with van der Waals surface area (Å²) in [5, 5.41) is 1.24. The van der Waals surface area contributed by atoms with Crippen LogP contribution in [0.25, 0.3) is 10.9 Å². The first-order valence-corrected chi connectivity index (χ1v) is 9.43. The Morgan fingerprint density at radius 1 is 0.714 bits per heavy atom. The van der Waals surface area contributed by atoms with E-state index in [4.69, 9.17) is 0 Å². The number of para-hydroxylation sites is 1. The van der Waals surface area contributed by atoms with Gasteiger partial charge in [-0.2, -0.15) is 0 Å². The zero-order valence-electron chi connectivity index (χ0n) is 15.5. The van der Waals surface area contributed by atoms with Crippen molar-refractivity contribution in [1.82, 2.24) is 9.88 Å². The molecule has 142 valence electrons. The molecule has 0 fully saturated rings. The minimum Gasteiger partial charge on any atom is -0.361 e. The van der Waals surface area contributed by atoms with Crippen molar-refractivity contribution < 1.29 is 8.78 Å². The van der Waals surface area contributed by atoms with Crippen LogP contribution >= 0.6 is 0 Å². The van der Waals surface area contributed by atoms with E-state index in [0.717, 1.165) is 29.6 Å². The van der Waals surface area contributed by atoms with Crippen LogP contribution < -0.4 is 0 Å². The molecule has 0 atom stereocenters. The van der Waals surface area contributed by atoms with E-state index in [-0.39, 0.29) is 11.6 Å². The third kappa shape index (κ3) is 4.46. The van der Waals surface area contributed by atoms with Gasteiger partial charge in [-0.1, -0.05) is 42.5 Å². The molecule has 0 bridgehead atoms. The number of aromatic amines is 1. The SMILES string of the molecule is Fc1ccc(CN(CCc2c[nH]c3ccccc23)Cc2ccc(F)cc2)cc1. The van der Waals surface area contributed by atoms with Crippen molar-refractivity contribution in [3.8, 4) is 0 Å². The Labute approximate surface area is 163 Å². The molecule has 0 saturated heterocycles. The Kier molecular flexibility index (Phi) is 5.49. The Bertz CT molecular complexity index is 989. The van der Waals surface area contributed by atoms with Crippen LogP contribution in [0.4, 0.5) is 8.78 Å². The maximum absolute atomic E-state index is 13.2. The summed E-state index contributed by atoms with van der Waals surface area (Å²) in [6.45, 7) is 2.26. The molecule has 1 aromatic heterocycles. The first kappa shape index (κ1) is 18.4. The van der Waals surface area contributed by atoms with E-state index < -0.39 is 0 Å². The summed E-state index contributed by atoms with van der Waals surface area (Å²) in [4.78, 5) is 5.63. The first-order valence-electron chi connectivity index (χ1n) is 9.43. The lowest BCUT2D eigenvalue weighted by molar-refractivity contribution is 0.260. The molecule has 0 aliphatic heterocycles. The predicted molar refractivity (Wildman–Crippen MR) is 109 cm³/mol. The highest BCUT2D eigenvalue weighted by atomic mass is 19.1. The summed E-state index contributed by atoms with van der Waals surface area (Å²) < 4.78 is 26.5. The lowest BCUT2D eigenvalue weighted by Crippen LogP contribution is -2.25. The number of hydrogen-bond acceptors (Lipinski definition) is 1. The molecule has 28 heavy (non-hydrogen) atoms. The number of nitrogens with zero attached hydrogens (tertiary/aromatic N) is 1. The Balaban J connectivity index is 1.51. The zero-order chi connectivity index (χ0) is 19.3. The van der Waals surface area contributed by atoms with E-state index in [9.17, 15) is 8.78 Å². The molecule has 4 heteroatoms. The summed E-state index contributed by atoms with van der Waals surface area (Å²) in [6.07, 6.45) is 2.96. The maximum atomic E-state index is 13.2. The second kappa shape index (κ2) is 8.36. The third-order valence-electron chi connectivity index (χ3n) is 5.01. The number of aromatic nitrogens is 1. The van der Waals surface area contributed by atoms with Crippen LogP contribution in [0.15, 0.2) is 79.0 Å². The van der Waals surface area contributed by atoms with Gasteiger partial charge in [0.25, 0.3) is 0 Å². The quantitative estimate of drug-likeness (QED) is 0.439. The average molecular weight is 376 g/mol. The highest BCUT2D eigenvalue weighted by Gasteiger charge is 2.10. The van der Waals surface area contributed by atoms with E-state index >= 15 is 0 Å². The molecule has 0 radical (unpaired) electrons. The fourth-order valence-electron chi connectivity index (χ4n) is 3.53. The molecule has 3 aromatic carbocycles. The highest BCUT2D eigenvalue weighted by Crippen LogP contribution is 2.19. The number of nitrogens with one attached hydrogen (secondary N) is 1. The monoisotopic (exact) mass is 376 g/mol. The summed E-state index contributed by atoms with van der Waals surface area (Å²) in [7, 11) is 0. The first-order chi connectivity index (χ1) is 13.7. The summed E-state index contributed by atoms with van der Waals surface area (Å²) in [6, 6.07) is 21.5. The van der Waals surface area contributed by atoms with Crippen molar-refractivity contribution in [2.24, 2.45) is 0 Å². The van der Waals surface area contributed by atoms with E-state index in [0.29, 0.717) is 13.1 Å². The van der Waals surface area contributed by atoms with Crippen molar-refractivity contribution in [2.75, 3.05) is 6.54 Å². The molecule has 0 aliphatic carbocycles. The summed E-state index contributed by atoms with van der Waals surface area (Å²) >= 11 is 0. The predicted octanol–water partition coefficient (Wildman–Crippen LogP) is 5.69. The standard InChI is InChI=1S/C24H22F2N2/c25-21-9-5-18(6-10-21)16-28(17-19-7-11-22(26)12-8-19)14-13-20-15-27-24-4-2-1-3-23(20)24/h1-12,15,27H,13-14,16-17H2. The third-order valence-corrected chi connectivity index (χ3v) is 5.01. The number of H-pyrrole nitrogens is 1. The Hall–Kier alpha value is -2.98. The number of hydrogen-bond donors (Lipinski definition) is 1. The van der Waals surface area contributed by atoms with Gasteiger partial charge in [-0.3, -0.25) is 4.90 Å². The number of rotatable bonds is 7. The van der Waals surface area contributed by atoms with Crippen LogP contribution in [0, 0.1) is 11.6 Å². The molecule has 0 amide bonds. The second-order valence-electron chi connectivity index (χ2n) is 7.07. The van der Waals surface area contributed by atoms with Crippen LogP contribution in [0.3, 0.4) is 0 Å². The van der Waals surface area contributed by atoms with Gasteiger partial charge < -0.3 is 4.98 Å². The largest absolute Gasteiger partial charge is 0.361 e. The maximum Gasteiger partial charge on any atom is 0.123 e. The topological polar surface area (TPSA) is 19.0 Å². The van der Waals surface area contributed by atoms with Crippen molar-refractivity contribution in [3.63, 3.8) is 0 Å². The number of benzene rings is 3. The molecule has 0 unspecified atom stereocenters. The van der Waals surface area contributed by atoms with Gasteiger partial charge in [-0.25, -0.2) is 8.78 Å². The van der Waals surface area contributed by atoms with Gasteiger partial charge in [0, 0.05) is 36.7 Å². The fraction of sp³-hybridized carbons (Fsp3) is 0.167. The molecule has 2 nitrogen and oxygen atoms in total. The van der Waals surface area contributed by atoms with Gasteiger partial charge in [0.1, 0.15) is 11.6 Å². The van der Waals surface area contributed by atoms with Gasteiger partial charge in [0.05, 0.1) is 0 Å². The molecule has 4 rings (SSSR count). The van der Waals surface area contributed by atoms with Crippen molar-refractivity contribution >= 4 is 10.9 Å². The highest BCUT2D eigenvalue weighted by molar-refractivity contribution is 5.83. The number of fused-ring (bicyclic) bond motifs is 1. The molecule has 0 saturated carbocycles. The lowest BCUT2D eigenvalue weighted by atomic mass is 10.1. The minimum atomic E-state index is -0.229. The van der Waals surface area contributed by atoms with Gasteiger partial charge >= 0.3 is 0 Å². The van der Waals surface area contributed by atoms with Crippen molar-refractivity contribution in [2.45, 2.75) is 19.5 Å². The van der Waals surface area contributed by atoms with Crippen molar-refractivity contribution in [3.05, 3.63) is 107 Å². The van der Waals surface area contributed by atoms with Gasteiger partial charge in [-0.15, -0.1) is 0 Å². The molecule has 0 spiro atoms. The second-order valence-corrected chi connectivity index (χ2v) is 7.07.